The van der Waals surface area contributed by atoms with Crippen LogP contribution in [-0.2, 0) is 14.9 Å². The maximum absolute atomic E-state index is 11.3. The molecule has 0 aliphatic heterocycles. The fourth-order valence-corrected chi connectivity index (χ4v) is 1.82. The molecule has 0 aliphatic rings. The second-order valence-corrected chi connectivity index (χ2v) is 5.22. The van der Waals surface area contributed by atoms with Crippen molar-refractivity contribution >= 4 is 44.7 Å². The number of aromatic nitrogens is 1. The number of pyridine rings is 1. The van der Waals surface area contributed by atoms with Gasteiger partial charge in [-0.05, 0) is 34.7 Å². The Labute approximate surface area is 106 Å². The van der Waals surface area contributed by atoms with Crippen LogP contribution in [0.25, 0.3) is 0 Å². The smallest absolute Gasteiger partial charge is 0.422 e. The van der Waals surface area contributed by atoms with Crippen LogP contribution in [0.1, 0.15) is 0 Å². The van der Waals surface area contributed by atoms with E-state index in [2.05, 4.69) is 14.4 Å². The lowest BCUT2D eigenvalue weighted by Crippen LogP contribution is -2.35. The predicted molar refractivity (Wildman–Crippen MR) is 65.0 cm³/mol. The Bertz CT molecular complexity index is 473. The Morgan fingerprint density at radius 3 is 2.69 bits per heavy atom. The zero-order valence-corrected chi connectivity index (χ0v) is 11.1. The highest BCUT2D eigenvalue weighted by molar-refractivity contribution is 14.1. The SMILES string of the molecule is COC(=O)NS(=O)(=O)Nc1ccc(I)cn1. The van der Waals surface area contributed by atoms with Crippen molar-refractivity contribution in [3.63, 3.8) is 0 Å². The number of hydrogen-bond acceptors (Lipinski definition) is 5. The molecule has 7 nitrogen and oxygen atoms in total. The van der Waals surface area contributed by atoms with Crippen LogP contribution in [0, 0.1) is 3.57 Å². The van der Waals surface area contributed by atoms with Crippen LogP contribution in [0.2, 0.25) is 0 Å². The molecule has 1 rings (SSSR count). The number of carbonyl (C=O) groups excluding carboxylic acids is 1. The molecule has 0 radical (unpaired) electrons. The zero-order chi connectivity index (χ0) is 12.2. The lowest BCUT2D eigenvalue weighted by atomic mass is 10.5. The molecule has 0 aromatic carbocycles. The lowest BCUT2D eigenvalue weighted by molar-refractivity contribution is 0.177. The molecular weight excluding hydrogens is 349 g/mol. The predicted octanol–water partition coefficient (Wildman–Crippen LogP) is 0.699. The van der Waals surface area contributed by atoms with E-state index < -0.39 is 16.3 Å². The van der Waals surface area contributed by atoms with Gasteiger partial charge in [0.2, 0.25) is 0 Å². The zero-order valence-electron chi connectivity index (χ0n) is 8.10. The minimum atomic E-state index is -4.00. The maximum atomic E-state index is 11.3. The monoisotopic (exact) mass is 357 g/mol. The third kappa shape index (κ3) is 4.18. The van der Waals surface area contributed by atoms with Gasteiger partial charge in [0, 0.05) is 9.77 Å². The van der Waals surface area contributed by atoms with Crippen LogP contribution in [0.3, 0.4) is 0 Å². The number of amides is 1. The van der Waals surface area contributed by atoms with Gasteiger partial charge in [-0.2, -0.15) is 8.42 Å². The number of ether oxygens (including phenoxy) is 1. The van der Waals surface area contributed by atoms with Gasteiger partial charge in [-0.15, -0.1) is 0 Å². The van der Waals surface area contributed by atoms with Crippen molar-refractivity contribution in [1.29, 1.82) is 0 Å². The van der Waals surface area contributed by atoms with E-state index >= 15 is 0 Å². The number of nitrogens with one attached hydrogen (secondary N) is 2. The third-order valence-corrected chi connectivity index (χ3v) is 2.92. The van der Waals surface area contributed by atoms with Crippen molar-refractivity contribution < 1.29 is 17.9 Å². The van der Waals surface area contributed by atoms with Gasteiger partial charge in [-0.1, -0.05) is 0 Å². The number of methoxy groups -OCH3 is 1. The van der Waals surface area contributed by atoms with Gasteiger partial charge in [-0.3, -0.25) is 4.72 Å². The van der Waals surface area contributed by atoms with E-state index in [9.17, 15) is 13.2 Å². The van der Waals surface area contributed by atoms with Crippen molar-refractivity contribution in [1.82, 2.24) is 9.71 Å². The van der Waals surface area contributed by atoms with E-state index in [1.54, 1.807) is 10.8 Å². The Hall–Kier alpha value is -1.10. The summed E-state index contributed by atoms with van der Waals surface area (Å²) in [7, 11) is -2.93. The first-order valence-corrected chi connectivity index (χ1v) is 6.49. The highest BCUT2D eigenvalue weighted by Gasteiger charge is 2.14. The Morgan fingerprint density at radius 1 is 1.50 bits per heavy atom. The Morgan fingerprint density at radius 2 is 2.19 bits per heavy atom. The largest absolute Gasteiger partial charge is 0.452 e. The molecule has 1 amide bonds. The summed E-state index contributed by atoms with van der Waals surface area (Å²) in [5.41, 5.74) is 0. The molecule has 0 aliphatic carbocycles. The molecular formula is C7H8IN3O4S. The van der Waals surface area contributed by atoms with Crippen LogP contribution in [0.4, 0.5) is 10.6 Å². The molecule has 0 bridgehead atoms. The van der Waals surface area contributed by atoms with Gasteiger partial charge in [0.1, 0.15) is 5.82 Å². The lowest BCUT2D eigenvalue weighted by Gasteiger charge is -2.07. The van der Waals surface area contributed by atoms with Gasteiger partial charge in [0.25, 0.3) is 0 Å². The van der Waals surface area contributed by atoms with Gasteiger partial charge in [0.15, 0.2) is 0 Å². The summed E-state index contributed by atoms with van der Waals surface area (Å²) >= 11 is 2.03. The average Bonchev–Trinajstić information content (AvgIpc) is 2.20. The van der Waals surface area contributed by atoms with E-state index in [0.717, 1.165) is 10.7 Å². The van der Waals surface area contributed by atoms with Gasteiger partial charge in [0.05, 0.1) is 7.11 Å². The van der Waals surface area contributed by atoms with Crippen LogP contribution in [0.15, 0.2) is 18.3 Å². The van der Waals surface area contributed by atoms with Crippen LogP contribution in [-0.4, -0.2) is 26.6 Å². The standard InChI is InChI=1S/C7H8IN3O4S/c1-15-7(12)11-16(13,14)10-6-3-2-5(8)4-9-6/h2-4H,1H3,(H,9,10)(H,11,12). The molecule has 0 saturated heterocycles. The first kappa shape index (κ1) is 13.0. The van der Waals surface area contributed by atoms with E-state index in [4.69, 9.17) is 0 Å². The van der Waals surface area contributed by atoms with E-state index in [-0.39, 0.29) is 5.82 Å². The van der Waals surface area contributed by atoms with Crippen molar-refractivity contribution in [2.75, 3.05) is 11.8 Å². The molecule has 0 atom stereocenters. The van der Waals surface area contributed by atoms with Crippen LogP contribution in [0.5, 0.6) is 0 Å². The molecule has 1 heterocycles. The number of anilines is 1. The summed E-state index contributed by atoms with van der Waals surface area (Å²) in [5, 5.41) is 0. The minimum absolute atomic E-state index is 0.108. The Balaban J connectivity index is 2.73. The highest BCUT2D eigenvalue weighted by atomic mass is 127. The molecule has 0 fully saturated rings. The van der Waals surface area contributed by atoms with Crippen LogP contribution >= 0.6 is 22.6 Å². The number of rotatable bonds is 3. The summed E-state index contributed by atoms with van der Waals surface area (Å²) in [6, 6.07) is 3.14. The fourth-order valence-electron chi connectivity index (χ4n) is 0.751. The molecule has 1 aromatic rings. The average molecular weight is 357 g/mol. The topological polar surface area (TPSA) is 97.4 Å². The molecule has 0 unspecified atom stereocenters. The Kier molecular flexibility index (Phi) is 4.29. The summed E-state index contributed by atoms with van der Waals surface area (Å²) in [6.45, 7) is 0. The summed E-state index contributed by atoms with van der Waals surface area (Å²) in [5.74, 6) is 0.108. The van der Waals surface area contributed by atoms with Gasteiger partial charge < -0.3 is 4.74 Å². The van der Waals surface area contributed by atoms with Crippen LogP contribution < -0.4 is 9.44 Å². The van der Waals surface area contributed by atoms with Gasteiger partial charge >= 0.3 is 16.3 Å². The molecule has 9 heteroatoms. The summed E-state index contributed by atoms with van der Waals surface area (Å²) in [4.78, 5) is 14.5. The second-order valence-electron chi connectivity index (χ2n) is 2.56. The van der Waals surface area contributed by atoms with Crippen molar-refractivity contribution in [3.05, 3.63) is 21.9 Å². The van der Waals surface area contributed by atoms with Gasteiger partial charge in [-0.25, -0.2) is 14.5 Å². The first-order chi connectivity index (χ1) is 7.43. The van der Waals surface area contributed by atoms with Crippen molar-refractivity contribution in [2.24, 2.45) is 0 Å². The molecule has 88 valence electrons. The highest BCUT2D eigenvalue weighted by Crippen LogP contribution is 2.07. The summed E-state index contributed by atoms with van der Waals surface area (Å²) < 4.78 is 31.3. The molecule has 16 heavy (non-hydrogen) atoms. The number of halogens is 1. The third-order valence-electron chi connectivity index (χ3n) is 1.37. The fraction of sp³-hybridized carbons (Fsp3) is 0.143. The van der Waals surface area contributed by atoms with E-state index in [0.29, 0.717) is 0 Å². The number of hydrogen-bond donors (Lipinski definition) is 2. The molecule has 1 aromatic heterocycles. The maximum Gasteiger partial charge on any atom is 0.422 e. The van der Waals surface area contributed by atoms with Crippen molar-refractivity contribution in [3.8, 4) is 0 Å². The van der Waals surface area contributed by atoms with E-state index in [1.165, 1.54) is 12.3 Å². The molecule has 0 spiro atoms. The molecule has 2 N–H and O–H groups in total. The minimum Gasteiger partial charge on any atom is -0.452 e. The normalized spacial score (nSPS) is 10.6. The summed E-state index contributed by atoms with van der Waals surface area (Å²) in [6.07, 6.45) is 0.411. The second kappa shape index (κ2) is 5.30. The first-order valence-electron chi connectivity index (χ1n) is 3.93. The van der Waals surface area contributed by atoms with Crippen molar-refractivity contribution in [2.45, 2.75) is 0 Å². The number of carbonyl (C=O) groups is 1. The van der Waals surface area contributed by atoms with E-state index in [1.807, 2.05) is 22.6 Å². The molecule has 0 saturated carbocycles. The quantitative estimate of drug-likeness (QED) is 0.777. The number of nitrogens with zero attached hydrogens (tertiary/aromatic N) is 1.